The van der Waals surface area contributed by atoms with Crippen molar-refractivity contribution in [3.05, 3.63) is 36.4 Å². The molecule has 0 amide bonds. The van der Waals surface area contributed by atoms with Gasteiger partial charge in [-0.2, -0.15) is 0 Å². The van der Waals surface area contributed by atoms with E-state index in [1.807, 2.05) is 24.2 Å². The summed E-state index contributed by atoms with van der Waals surface area (Å²) in [6.07, 6.45) is 7.27. The molecule has 0 fully saturated rings. The van der Waals surface area contributed by atoms with Gasteiger partial charge in [0.05, 0.1) is 10.5 Å². The van der Waals surface area contributed by atoms with Crippen LogP contribution < -0.4 is 0 Å². The number of hydrogen-bond acceptors (Lipinski definition) is 3. The zero-order chi connectivity index (χ0) is 10.7. The summed E-state index contributed by atoms with van der Waals surface area (Å²) in [5.41, 5.74) is 0. The van der Waals surface area contributed by atoms with Crippen LogP contribution in [0.2, 0.25) is 0 Å². The number of nitrogens with one attached hydrogen (secondary N) is 2. The summed E-state index contributed by atoms with van der Waals surface area (Å²) in [4.78, 5) is 14.7. The Morgan fingerprint density at radius 1 is 1.00 bits per heavy atom. The Morgan fingerprint density at radius 2 is 1.47 bits per heavy atom. The Kier molecular flexibility index (Phi) is 3.11. The highest BCUT2D eigenvalue weighted by Gasteiger charge is 2.15. The third-order valence-corrected chi connectivity index (χ3v) is 3.48. The fraction of sp³-hybridized carbons (Fsp3) is 0.400. The van der Waals surface area contributed by atoms with Gasteiger partial charge in [0.1, 0.15) is 11.6 Å². The average Bonchev–Trinajstić information content (AvgIpc) is 2.91. The zero-order valence-electron chi connectivity index (χ0n) is 8.77. The highest BCUT2D eigenvalue weighted by atomic mass is 32.2. The lowest BCUT2D eigenvalue weighted by Gasteiger charge is -2.13. The van der Waals surface area contributed by atoms with E-state index in [2.05, 4.69) is 33.8 Å². The van der Waals surface area contributed by atoms with Crippen LogP contribution in [0.4, 0.5) is 0 Å². The van der Waals surface area contributed by atoms with Gasteiger partial charge in [0, 0.05) is 24.8 Å². The van der Waals surface area contributed by atoms with Crippen LogP contribution >= 0.6 is 11.8 Å². The van der Waals surface area contributed by atoms with Crippen LogP contribution in [0.3, 0.4) is 0 Å². The van der Waals surface area contributed by atoms with Gasteiger partial charge in [-0.1, -0.05) is 0 Å². The Hall–Kier alpha value is -1.23. The quantitative estimate of drug-likeness (QED) is 0.836. The maximum Gasteiger partial charge on any atom is 0.118 e. The minimum absolute atomic E-state index is 0.347. The molecule has 0 saturated carbocycles. The van der Waals surface area contributed by atoms with Crippen LogP contribution in [0.25, 0.3) is 0 Å². The lowest BCUT2D eigenvalue weighted by molar-refractivity contribution is 0.917. The second-order valence-electron chi connectivity index (χ2n) is 3.37. The van der Waals surface area contributed by atoms with E-state index in [-0.39, 0.29) is 0 Å². The molecule has 2 unspecified atom stereocenters. The minimum Gasteiger partial charge on any atom is -0.348 e. The molecule has 5 heteroatoms. The zero-order valence-corrected chi connectivity index (χ0v) is 9.58. The van der Waals surface area contributed by atoms with Crippen molar-refractivity contribution in [2.45, 2.75) is 24.3 Å². The molecule has 2 rings (SSSR count). The first kappa shape index (κ1) is 10.3. The lowest BCUT2D eigenvalue weighted by atomic mass is 10.4. The number of rotatable bonds is 4. The van der Waals surface area contributed by atoms with Gasteiger partial charge < -0.3 is 9.97 Å². The topological polar surface area (TPSA) is 57.4 Å². The molecule has 0 radical (unpaired) electrons. The molecule has 2 aromatic rings. The Balaban J connectivity index is 1.98. The molecule has 15 heavy (non-hydrogen) atoms. The third-order valence-electron chi connectivity index (χ3n) is 2.22. The number of H-pyrrole nitrogens is 2. The van der Waals surface area contributed by atoms with Gasteiger partial charge in [-0.25, -0.2) is 9.97 Å². The molecule has 2 N–H and O–H groups in total. The molecule has 0 aliphatic rings. The van der Waals surface area contributed by atoms with Gasteiger partial charge in [0.25, 0.3) is 0 Å². The fourth-order valence-corrected chi connectivity index (χ4v) is 2.56. The summed E-state index contributed by atoms with van der Waals surface area (Å²) in [6.45, 7) is 4.28. The molecule has 0 aliphatic carbocycles. The molecule has 0 saturated heterocycles. The molecule has 0 aromatic carbocycles. The van der Waals surface area contributed by atoms with Crippen molar-refractivity contribution in [2.75, 3.05) is 0 Å². The number of thioether (sulfide) groups is 1. The molecule has 4 nitrogen and oxygen atoms in total. The van der Waals surface area contributed by atoms with Gasteiger partial charge in [-0.15, -0.1) is 11.8 Å². The first-order valence-electron chi connectivity index (χ1n) is 4.91. The van der Waals surface area contributed by atoms with Crippen LogP contribution in [-0.4, -0.2) is 19.9 Å². The molecule has 80 valence electrons. The normalized spacial score (nSPS) is 15.1. The maximum atomic E-state index is 4.24. The number of hydrogen-bond donors (Lipinski definition) is 2. The van der Waals surface area contributed by atoms with Crippen molar-refractivity contribution in [3.8, 4) is 0 Å². The smallest absolute Gasteiger partial charge is 0.118 e. The molecule has 0 bridgehead atoms. The summed E-state index contributed by atoms with van der Waals surface area (Å²) < 4.78 is 0. The van der Waals surface area contributed by atoms with E-state index in [1.165, 1.54) is 0 Å². The van der Waals surface area contributed by atoms with Crippen LogP contribution in [0.5, 0.6) is 0 Å². The average molecular weight is 222 g/mol. The summed E-state index contributed by atoms with van der Waals surface area (Å²) >= 11 is 1.83. The molecular formula is C10H14N4S. The van der Waals surface area contributed by atoms with E-state index in [4.69, 9.17) is 0 Å². The summed E-state index contributed by atoms with van der Waals surface area (Å²) in [7, 11) is 0. The molecule has 2 aromatic heterocycles. The van der Waals surface area contributed by atoms with Crippen molar-refractivity contribution in [1.29, 1.82) is 0 Å². The largest absolute Gasteiger partial charge is 0.348 e. The predicted molar refractivity (Wildman–Crippen MR) is 61.6 cm³/mol. The van der Waals surface area contributed by atoms with Gasteiger partial charge in [-0.3, -0.25) is 0 Å². The van der Waals surface area contributed by atoms with Crippen LogP contribution in [0.15, 0.2) is 24.8 Å². The van der Waals surface area contributed by atoms with E-state index in [0.29, 0.717) is 10.5 Å². The van der Waals surface area contributed by atoms with Crippen molar-refractivity contribution in [1.82, 2.24) is 19.9 Å². The molecule has 0 aliphatic heterocycles. The van der Waals surface area contributed by atoms with Gasteiger partial charge in [0.15, 0.2) is 0 Å². The van der Waals surface area contributed by atoms with Crippen molar-refractivity contribution in [3.63, 3.8) is 0 Å². The molecule has 2 atom stereocenters. The first-order valence-corrected chi connectivity index (χ1v) is 5.85. The number of aromatic amines is 2. The van der Waals surface area contributed by atoms with E-state index in [0.717, 1.165) is 11.6 Å². The lowest BCUT2D eigenvalue weighted by Crippen LogP contribution is -1.97. The first-order chi connectivity index (χ1) is 7.27. The Bertz CT molecular complexity index is 343. The summed E-state index contributed by atoms with van der Waals surface area (Å²) in [5, 5.41) is 0.695. The summed E-state index contributed by atoms with van der Waals surface area (Å²) in [6, 6.07) is 0. The monoisotopic (exact) mass is 222 g/mol. The van der Waals surface area contributed by atoms with E-state index in [1.54, 1.807) is 12.4 Å². The molecule has 2 heterocycles. The number of nitrogens with zero attached hydrogens (tertiary/aromatic N) is 2. The molecular weight excluding hydrogens is 208 g/mol. The van der Waals surface area contributed by atoms with E-state index >= 15 is 0 Å². The van der Waals surface area contributed by atoms with Crippen LogP contribution in [0, 0.1) is 0 Å². The maximum absolute atomic E-state index is 4.24. The fourth-order valence-electron chi connectivity index (χ4n) is 1.43. The highest BCUT2D eigenvalue weighted by Crippen LogP contribution is 2.37. The van der Waals surface area contributed by atoms with E-state index in [9.17, 15) is 0 Å². The van der Waals surface area contributed by atoms with Crippen molar-refractivity contribution >= 4 is 11.8 Å². The predicted octanol–water partition coefficient (Wildman–Crippen LogP) is 2.69. The summed E-state index contributed by atoms with van der Waals surface area (Å²) in [5.74, 6) is 2.02. The molecule has 0 spiro atoms. The van der Waals surface area contributed by atoms with E-state index < -0.39 is 0 Å². The standard InChI is InChI=1S/C10H14N4S/c1-7(9-11-3-4-12-9)15-8(2)10-13-5-6-14-10/h3-8H,1-2H3,(H,11,12)(H,13,14). The van der Waals surface area contributed by atoms with Crippen LogP contribution in [-0.2, 0) is 0 Å². The number of aromatic nitrogens is 4. The van der Waals surface area contributed by atoms with Gasteiger partial charge in [0.2, 0.25) is 0 Å². The SMILES string of the molecule is CC(SC(C)c1ncc[nH]1)c1ncc[nH]1. The third kappa shape index (κ3) is 2.41. The van der Waals surface area contributed by atoms with Crippen LogP contribution in [0.1, 0.15) is 36.0 Å². The van der Waals surface area contributed by atoms with Gasteiger partial charge >= 0.3 is 0 Å². The Labute approximate surface area is 92.9 Å². The van der Waals surface area contributed by atoms with Gasteiger partial charge in [-0.05, 0) is 13.8 Å². The van der Waals surface area contributed by atoms with Crippen molar-refractivity contribution < 1.29 is 0 Å². The Morgan fingerprint density at radius 3 is 1.80 bits per heavy atom. The highest BCUT2D eigenvalue weighted by molar-refractivity contribution is 7.99. The second-order valence-corrected chi connectivity index (χ2v) is 5.06. The van der Waals surface area contributed by atoms with Crippen molar-refractivity contribution in [2.24, 2.45) is 0 Å². The second kappa shape index (κ2) is 4.53. The number of imidazole rings is 2. The minimum atomic E-state index is 0.347.